The molecular formula is C19H16F2N2O4. The number of hydrogen-bond acceptors (Lipinski definition) is 4. The van der Waals surface area contributed by atoms with Gasteiger partial charge in [-0.1, -0.05) is 0 Å². The molecule has 0 saturated carbocycles. The van der Waals surface area contributed by atoms with Crippen molar-refractivity contribution in [3.63, 3.8) is 0 Å². The summed E-state index contributed by atoms with van der Waals surface area (Å²) in [5.74, 6) is -4.34. The van der Waals surface area contributed by atoms with Crippen LogP contribution in [0.25, 0.3) is 0 Å². The summed E-state index contributed by atoms with van der Waals surface area (Å²) in [5.41, 5.74) is 0.734. The van der Waals surface area contributed by atoms with E-state index in [0.717, 1.165) is 12.1 Å². The number of hydrogen-bond donors (Lipinski definition) is 1. The first kappa shape index (κ1) is 18.5. The minimum atomic E-state index is -1.06. The van der Waals surface area contributed by atoms with E-state index in [0.29, 0.717) is 5.69 Å². The molecule has 0 spiro atoms. The highest BCUT2D eigenvalue weighted by molar-refractivity contribution is 6.08. The van der Waals surface area contributed by atoms with Gasteiger partial charge in [0.05, 0.1) is 0 Å². The number of anilines is 2. The molecule has 0 aliphatic carbocycles. The summed E-state index contributed by atoms with van der Waals surface area (Å²) in [6.45, 7) is 1.57. The zero-order valence-corrected chi connectivity index (χ0v) is 14.4. The summed E-state index contributed by atoms with van der Waals surface area (Å²) in [4.78, 5) is 37.0. The van der Waals surface area contributed by atoms with Crippen molar-refractivity contribution >= 4 is 29.2 Å². The maximum absolute atomic E-state index is 13.4. The lowest BCUT2D eigenvalue weighted by Crippen LogP contribution is -2.32. The second-order valence-electron chi connectivity index (χ2n) is 6.06. The van der Waals surface area contributed by atoms with Gasteiger partial charge in [-0.2, -0.15) is 0 Å². The highest BCUT2D eigenvalue weighted by Gasteiger charge is 2.39. The van der Waals surface area contributed by atoms with E-state index in [4.69, 9.17) is 4.74 Å². The van der Waals surface area contributed by atoms with E-state index >= 15 is 0 Å². The van der Waals surface area contributed by atoms with E-state index < -0.39 is 29.4 Å². The van der Waals surface area contributed by atoms with Crippen molar-refractivity contribution in [3.05, 3.63) is 54.1 Å². The maximum atomic E-state index is 13.4. The van der Waals surface area contributed by atoms with Crippen molar-refractivity contribution in [2.24, 2.45) is 5.92 Å². The second kappa shape index (κ2) is 7.53. The van der Waals surface area contributed by atoms with E-state index in [9.17, 15) is 23.2 Å². The Balaban J connectivity index is 1.66. The quantitative estimate of drug-likeness (QED) is 0.507. The first-order valence-electron chi connectivity index (χ1n) is 8.21. The number of carbonyl (C=O) groups excluding carboxylic acids is 3. The van der Waals surface area contributed by atoms with Crippen molar-refractivity contribution in [2.75, 3.05) is 16.8 Å². The van der Waals surface area contributed by atoms with E-state index in [2.05, 4.69) is 5.32 Å². The molecule has 0 bridgehead atoms. The van der Waals surface area contributed by atoms with Crippen molar-refractivity contribution in [2.45, 2.75) is 13.3 Å². The molecular weight excluding hydrogens is 358 g/mol. The number of esters is 1. The summed E-state index contributed by atoms with van der Waals surface area (Å²) < 4.78 is 31.7. The highest BCUT2D eigenvalue weighted by Crippen LogP contribution is 2.28. The molecule has 1 atom stereocenters. The van der Waals surface area contributed by atoms with Gasteiger partial charge in [-0.15, -0.1) is 0 Å². The third-order valence-electron chi connectivity index (χ3n) is 4.10. The number of ether oxygens (including phenoxy) is 1. The van der Waals surface area contributed by atoms with Crippen LogP contribution in [-0.2, 0) is 14.4 Å². The Labute approximate surface area is 153 Å². The molecule has 1 unspecified atom stereocenters. The maximum Gasteiger partial charge on any atom is 0.323 e. The Morgan fingerprint density at radius 2 is 1.81 bits per heavy atom. The van der Waals surface area contributed by atoms with Gasteiger partial charge in [0.15, 0.2) is 11.6 Å². The molecule has 6 nitrogen and oxygen atoms in total. The molecule has 2 amide bonds. The number of amides is 2. The van der Waals surface area contributed by atoms with Gasteiger partial charge in [0, 0.05) is 30.9 Å². The van der Waals surface area contributed by atoms with Crippen molar-refractivity contribution in [3.8, 4) is 5.75 Å². The van der Waals surface area contributed by atoms with Crippen LogP contribution in [0.4, 0.5) is 20.2 Å². The van der Waals surface area contributed by atoms with E-state index in [1.165, 1.54) is 30.0 Å². The Bertz CT molecular complexity index is 899. The molecule has 8 heteroatoms. The predicted molar refractivity (Wildman–Crippen MR) is 93.2 cm³/mol. The number of carbonyl (C=O) groups is 3. The Morgan fingerprint density at radius 3 is 2.44 bits per heavy atom. The van der Waals surface area contributed by atoms with Gasteiger partial charge >= 0.3 is 5.97 Å². The summed E-state index contributed by atoms with van der Waals surface area (Å²) >= 11 is 0. The molecule has 1 N–H and O–H groups in total. The zero-order valence-electron chi connectivity index (χ0n) is 14.4. The molecule has 1 fully saturated rings. The first-order chi connectivity index (χ1) is 12.8. The average molecular weight is 374 g/mol. The average Bonchev–Trinajstić information content (AvgIpc) is 3.00. The normalized spacial score (nSPS) is 16.3. The van der Waals surface area contributed by atoms with Crippen LogP contribution < -0.4 is 15.0 Å². The SMILES string of the molecule is CC(=O)Nc1ccc(OC(=O)C2CCN(c3ccc(F)c(F)c3)C2=O)cc1. The van der Waals surface area contributed by atoms with Gasteiger partial charge in [0.25, 0.3) is 0 Å². The van der Waals surface area contributed by atoms with Gasteiger partial charge in [-0.05, 0) is 42.8 Å². The van der Waals surface area contributed by atoms with Crippen LogP contribution in [0.15, 0.2) is 42.5 Å². The molecule has 0 radical (unpaired) electrons. The van der Waals surface area contributed by atoms with Gasteiger partial charge in [0.2, 0.25) is 11.8 Å². The Kier molecular flexibility index (Phi) is 5.16. The zero-order chi connectivity index (χ0) is 19.6. The summed E-state index contributed by atoms with van der Waals surface area (Å²) in [6.07, 6.45) is 0.209. The number of benzene rings is 2. The number of rotatable bonds is 4. The number of halogens is 2. The Morgan fingerprint density at radius 1 is 1.11 bits per heavy atom. The fraction of sp³-hybridized carbons (Fsp3) is 0.211. The first-order valence-corrected chi connectivity index (χ1v) is 8.21. The van der Waals surface area contributed by atoms with Crippen LogP contribution in [0, 0.1) is 17.6 Å². The van der Waals surface area contributed by atoms with Gasteiger partial charge in [-0.3, -0.25) is 14.4 Å². The molecule has 27 heavy (non-hydrogen) atoms. The second-order valence-corrected chi connectivity index (χ2v) is 6.06. The smallest absolute Gasteiger partial charge is 0.323 e. The predicted octanol–water partition coefficient (Wildman–Crippen LogP) is 2.88. The van der Waals surface area contributed by atoms with Crippen LogP contribution in [0.1, 0.15) is 13.3 Å². The molecule has 2 aromatic rings. The minimum absolute atomic E-state index is 0.189. The molecule has 0 aromatic heterocycles. The van der Waals surface area contributed by atoms with Crippen LogP contribution in [0.5, 0.6) is 5.75 Å². The monoisotopic (exact) mass is 374 g/mol. The van der Waals surface area contributed by atoms with Gasteiger partial charge in [-0.25, -0.2) is 8.78 Å². The molecule has 3 rings (SSSR count). The summed E-state index contributed by atoms with van der Waals surface area (Å²) in [7, 11) is 0. The lowest BCUT2D eigenvalue weighted by Gasteiger charge is -2.16. The highest BCUT2D eigenvalue weighted by atomic mass is 19.2. The van der Waals surface area contributed by atoms with E-state index in [-0.39, 0.29) is 30.3 Å². The largest absolute Gasteiger partial charge is 0.426 e. The molecule has 1 heterocycles. The van der Waals surface area contributed by atoms with Crippen molar-refractivity contribution in [1.29, 1.82) is 0 Å². The molecule has 1 aliphatic rings. The van der Waals surface area contributed by atoms with Gasteiger partial charge < -0.3 is 15.0 Å². The molecule has 140 valence electrons. The fourth-order valence-corrected chi connectivity index (χ4v) is 2.80. The number of nitrogens with zero attached hydrogens (tertiary/aromatic N) is 1. The number of nitrogens with one attached hydrogen (secondary N) is 1. The topological polar surface area (TPSA) is 75.7 Å². The summed E-state index contributed by atoms with van der Waals surface area (Å²) in [6, 6.07) is 9.25. The lowest BCUT2D eigenvalue weighted by molar-refractivity contribution is -0.142. The molecule has 1 aliphatic heterocycles. The van der Waals surface area contributed by atoms with Crippen molar-refractivity contribution in [1.82, 2.24) is 0 Å². The molecule has 1 saturated heterocycles. The van der Waals surface area contributed by atoms with Crippen LogP contribution in [-0.4, -0.2) is 24.3 Å². The fourth-order valence-electron chi connectivity index (χ4n) is 2.80. The Hall–Kier alpha value is -3.29. The third-order valence-corrected chi connectivity index (χ3v) is 4.10. The van der Waals surface area contributed by atoms with E-state index in [1.807, 2.05) is 0 Å². The molecule has 2 aromatic carbocycles. The van der Waals surface area contributed by atoms with Gasteiger partial charge in [0.1, 0.15) is 11.7 Å². The van der Waals surface area contributed by atoms with E-state index in [1.54, 1.807) is 12.1 Å². The third kappa shape index (κ3) is 4.11. The van der Waals surface area contributed by atoms with Crippen molar-refractivity contribution < 1.29 is 27.9 Å². The minimum Gasteiger partial charge on any atom is -0.426 e. The summed E-state index contributed by atoms with van der Waals surface area (Å²) in [5, 5.41) is 2.58. The standard InChI is InChI=1S/C19H16F2N2O4/c1-11(24)22-12-2-5-14(6-3-12)27-19(26)15-8-9-23(18(15)25)13-4-7-16(20)17(21)10-13/h2-7,10,15H,8-9H2,1H3,(H,22,24). The lowest BCUT2D eigenvalue weighted by atomic mass is 10.1. The van der Waals surface area contributed by atoms with Crippen LogP contribution in [0.2, 0.25) is 0 Å². The van der Waals surface area contributed by atoms with Crippen LogP contribution in [0.3, 0.4) is 0 Å². The van der Waals surface area contributed by atoms with Crippen LogP contribution >= 0.6 is 0 Å².